The largest absolute Gasteiger partial charge is 0.495 e. The highest BCUT2D eigenvalue weighted by Crippen LogP contribution is 2.57. The van der Waals surface area contributed by atoms with E-state index in [0.29, 0.717) is 68.5 Å². The van der Waals surface area contributed by atoms with E-state index in [0.717, 1.165) is 11.3 Å². The SMILES string of the molecule is COc1cc(C(=O)N2CCOc3c(C#Cc4cccc5c4CN(C4CCC(=O)NC4=O)C5=O)cccc32)ccc1NC(=O)[C@@H]1N[C@@H](CC(C)(C)C)[C@@]2(CNc3cc(Cl)ccc32)[C@H]1c1cccc(Cl)c1F. The zero-order valence-corrected chi connectivity index (χ0v) is 40.3. The highest BCUT2D eigenvalue weighted by molar-refractivity contribution is 6.31. The van der Waals surface area contributed by atoms with Gasteiger partial charge in [0, 0.05) is 64.3 Å². The van der Waals surface area contributed by atoms with E-state index >= 15 is 4.39 Å². The van der Waals surface area contributed by atoms with Crippen molar-refractivity contribution in [1.82, 2.24) is 15.5 Å². The van der Waals surface area contributed by atoms with Gasteiger partial charge in [-0.25, -0.2) is 4.39 Å². The Hall–Kier alpha value is -6.92. The number of carbonyl (C=O) groups is 5. The van der Waals surface area contributed by atoms with Gasteiger partial charge in [-0.15, -0.1) is 0 Å². The molecule has 5 aromatic carbocycles. The standard InChI is InChI=1S/C54H49Cl2FN6O7/c1-53(2,3)26-43-54(28-58-39-25-32(55)17-18-36(39)54)45(34-11-7-12-37(56)46(34)57)47(60-43)50(66)59-38-19-16-31(24-42(38)69-4)51(67)62-22-23-70-48-30(9-6-13-40(48)62)15-14-29-8-5-10-33-35(29)27-63(52(33)68)41-20-21-44(64)61-49(41)65/h5-13,16-19,24-25,41,43,45,47,58,60H,20-23,26-28H2,1-4H3,(H,59,66)(H,61,64,65)/t41?,43-,45-,47+,54-/m0/s1. The number of piperidine rings is 1. The highest BCUT2D eigenvalue weighted by atomic mass is 35.5. The first-order valence-electron chi connectivity index (χ1n) is 23.2. The Bertz CT molecular complexity index is 3110. The van der Waals surface area contributed by atoms with Gasteiger partial charge in [0.15, 0.2) is 5.75 Å². The summed E-state index contributed by atoms with van der Waals surface area (Å²) in [5.41, 5.74) is 4.48. The molecule has 0 aliphatic carbocycles. The molecule has 5 heterocycles. The molecular formula is C54H49Cl2FN6O7. The van der Waals surface area contributed by atoms with Crippen LogP contribution in [0.5, 0.6) is 11.5 Å². The average molecular weight is 984 g/mol. The van der Waals surface area contributed by atoms with Gasteiger partial charge in [-0.1, -0.05) is 86.1 Å². The average Bonchev–Trinajstić information content (AvgIpc) is 3.98. The van der Waals surface area contributed by atoms with E-state index in [4.69, 9.17) is 32.7 Å². The van der Waals surface area contributed by atoms with Crippen molar-refractivity contribution < 1.29 is 37.8 Å². The zero-order valence-electron chi connectivity index (χ0n) is 38.8. The molecule has 2 saturated heterocycles. The number of nitrogens with zero attached hydrogens (tertiary/aromatic N) is 2. The number of hydrogen-bond acceptors (Lipinski definition) is 9. The van der Waals surface area contributed by atoms with Gasteiger partial charge in [-0.2, -0.15) is 0 Å². The summed E-state index contributed by atoms with van der Waals surface area (Å²) in [5.74, 6) is 3.84. The minimum Gasteiger partial charge on any atom is -0.495 e. The van der Waals surface area contributed by atoms with Crippen LogP contribution in [0.4, 0.5) is 21.5 Å². The van der Waals surface area contributed by atoms with E-state index in [9.17, 15) is 24.0 Å². The van der Waals surface area contributed by atoms with Crippen LogP contribution in [0.25, 0.3) is 0 Å². The third-order valence-electron chi connectivity index (χ3n) is 14.1. The first-order valence-corrected chi connectivity index (χ1v) is 23.9. The molecular weight excluding hydrogens is 935 g/mol. The number of hydrogen-bond donors (Lipinski definition) is 4. The predicted molar refractivity (Wildman–Crippen MR) is 264 cm³/mol. The summed E-state index contributed by atoms with van der Waals surface area (Å²) in [4.78, 5) is 70.3. The van der Waals surface area contributed by atoms with Crippen LogP contribution in [0.3, 0.4) is 0 Å². The lowest BCUT2D eigenvalue weighted by Gasteiger charge is -2.39. The molecule has 1 unspecified atom stereocenters. The minimum atomic E-state index is -0.935. The van der Waals surface area contributed by atoms with Crippen LogP contribution in [0, 0.1) is 23.1 Å². The Labute approximate surface area is 414 Å². The predicted octanol–water partition coefficient (Wildman–Crippen LogP) is 8.20. The van der Waals surface area contributed by atoms with Gasteiger partial charge in [-0.05, 0) is 95.6 Å². The molecule has 5 aromatic rings. The third-order valence-corrected chi connectivity index (χ3v) is 14.6. The number of para-hydroxylation sites is 1. The van der Waals surface area contributed by atoms with Crippen LogP contribution in [-0.2, 0) is 26.3 Å². The molecule has 5 amide bonds. The third kappa shape index (κ3) is 8.19. The molecule has 0 aromatic heterocycles. The molecule has 5 atom stereocenters. The molecule has 2 fully saturated rings. The second-order valence-electron chi connectivity index (χ2n) is 19.5. The minimum absolute atomic E-state index is 0.0438. The number of imide groups is 1. The van der Waals surface area contributed by atoms with Gasteiger partial charge in [-0.3, -0.25) is 29.3 Å². The van der Waals surface area contributed by atoms with Crippen LogP contribution in [0.2, 0.25) is 10.0 Å². The van der Waals surface area contributed by atoms with E-state index < -0.39 is 41.0 Å². The molecule has 13 nitrogen and oxygen atoms in total. The van der Waals surface area contributed by atoms with Gasteiger partial charge in [0.25, 0.3) is 11.8 Å². The molecule has 4 N–H and O–H groups in total. The lowest BCUT2D eigenvalue weighted by molar-refractivity contribution is -0.137. The molecule has 358 valence electrons. The molecule has 10 rings (SSSR count). The topological polar surface area (TPSA) is 158 Å². The van der Waals surface area contributed by atoms with Crippen LogP contribution in [0.1, 0.15) is 94.5 Å². The van der Waals surface area contributed by atoms with Crippen LogP contribution in [0.15, 0.2) is 91.0 Å². The van der Waals surface area contributed by atoms with Gasteiger partial charge in [0.05, 0.1) is 41.7 Å². The van der Waals surface area contributed by atoms with E-state index in [1.807, 2.05) is 24.3 Å². The molecule has 0 saturated carbocycles. The lowest BCUT2D eigenvalue weighted by atomic mass is 9.63. The number of ether oxygens (including phenoxy) is 2. The fourth-order valence-electron chi connectivity index (χ4n) is 11.0. The quantitative estimate of drug-likeness (QED) is 0.0932. The maximum absolute atomic E-state index is 16.4. The number of nitrogens with one attached hydrogen (secondary N) is 4. The Morgan fingerprint density at radius 1 is 0.971 bits per heavy atom. The molecule has 1 spiro atoms. The molecule has 16 heteroatoms. The monoisotopic (exact) mass is 982 g/mol. The molecule has 0 radical (unpaired) electrons. The van der Waals surface area contributed by atoms with Crippen molar-refractivity contribution in [2.75, 3.05) is 42.3 Å². The lowest BCUT2D eigenvalue weighted by Crippen LogP contribution is -2.52. The summed E-state index contributed by atoms with van der Waals surface area (Å²) in [6.07, 6.45) is 1.06. The van der Waals surface area contributed by atoms with Crippen molar-refractivity contribution in [3.63, 3.8) is 0 Å². The Balaban J connectivity index is 0.917. The van der Waals surface area contributed by atoms with Crippen LogP contribution >= 0.6 is 23.2 Å². The van der Waals surface area contributed by atoms with Crippen molar-refractivity contribution in [3.05, 3.63) is 146 Å². The Morgan fingerprint density at radius 3 is 2.53 bits per heavy atom. The second kappa shape index (κ2) is 18.1. The summed E-state index contributed by atoms with van der Waals surface area (Å²) in [6, 6.07) is 24.0. The first-order chi connectivity index (χ1) is 33.6. The normalized spacial score (nSPS) is 22.3. The highest BCUT2D eigenvalue weighted by Gasteiger charge is 2.61. The number of anilines is 3. The maximum Gasteiger partial charge on any atom is 0.258 e. The fourth-order valence-corrected chi connectivity index (χ4v) is 11.3. The number of carbonyl (C=O) groups excluding carboxylic acids is 5. The number of methoxy groups -OCH3 is 1. The molecule has 5 aliphatic heterocycles. The number of fused-ring (bicyclic) bond motifs is 4. The summed E-state index contributed by atoms with van der Waals surface area (Å²) >= 11 is 12.9. The van der Waals surface area contributed by atoms with Crippen LogP contribution < -0.4 is 35.6 Å². The molecule has 70 heavy (non-hydrogen) atoms. The number of benzene rings is 5. The summed E-state index contributed by atoms with van der Waals surface area (Å²) in [5, 5.41) is 13.1. The van der Waals surface area contributed by atoms with Crippen LogP contribution in [-0.4, -0.2) is 79.4 Å². The van der Waals surface area contributed by atoms with Crippen molar-refractivity contribution in [2.24, 2.45) is 5.41 Å². The summed E-state index contributed by atoms with van der Waals surface area (Å²) in [7, 11) is 1.46. The van der Waals surface area contributed by atoms with Gasteiger partial charge in [0.1, 0.15) is 24.2 Å². The Kier molecular flexibility index (Phi) is 12.1. The van der Waals surface area contributed by atoms with Crippen molar-refractivity contribution in [3.8, 4) is 23.3 Å². The maximum atomic E-state index is 16.4. The fraction of sp³-hybridized carbons (Fsp3) is 0.315. The summed E-state index contributed by atoms with van der Waals surface area (Å²) < 4.78 is 28.3. The van der Waals surface area contributed by atoms with E-state index in [1.54, 1.807) is 65.6 Å². The van der Waals surface area contributed by atoms with Gasteiger partial charge < -0.3 is 35.2 Å². The zero-order chi connectivity index (χ0) is 49.2. The van der Waals surface area contributed by atoms with Gasteiger partial charge in [0.2, 0.25) is 17.7 Å². The van der Waals surface area contributed by atoms with E-state index in [1.165, 1.54) is 18.1 Å². The number of amides is 5. The second-order valence-corrected chi connectivity index (χ2v) is 20.4. The smallest absolute Gasteiger partial charge is 0.258 e. The number of rotatable bonds is 7. The number of halogens is 3. The van der Waals surface area contributed by atoms with E-state index in [-0.39, 0.29) is 72.5 Å². The summed E-state index contributed by atoms with van der Waals surface area (Å²) in [6.45, 7) is 7.42. The van der Waals surface area contributed by atoms with Crippen molar-refractivity contribution >= 4 is 69.8 Å². The molecule has 5 aliphatic rings. The molecule has 0 bridgehead atoms. The van der Waals surface area contributed by atoms with Crippen molar-refractivity contribution in [1.29, 1.82) is 0 Å². The first kappa shape index (κ1) is 46.8. The van der Waals surface area contributed by atoms with Crippen molar-refractivity contribution in [2.45, 2.75) is 76.0 Å². The van der Waals surface area contributed by atoms with E-state index in [2.05, 4.69) is 53.9 Å². The van der Waals surface area contributed by atoms with Gasteiger partial charge >= 0.3 is 0 Å². The Morgan fingerprint density at radius 2 is 1.74 bits per heavy atom.